The summed E-state index contributed by atoms with van der Waals surface area (Å²) < 4.78 is 26.0. The van der Waals surface area contributed by atoms with Crippen LogP contribution in [0.5, 0.6) is 0 Å². The quantitative estimate of drug-likeness (QED) is 0.352. The number of nitrogens with one attached hydrogen (secondary N) is 3. The zero-order valence-corrected chi connectivity index (χ0v) is 22.2. The molecule has 208 valence electrons. The maximum absolute atomic E-state index is 13.6. The molecule has 3 aliphatic rings. The van der Waals surface area contributed by atoms with Gasteiger partial charge in [0.1, 0.15) is 18.3 Å². The molecule has 12 heteroatoms. The minimum absolute atomic E-state index is 0.0490. The van der Waals surface area contributed by atoms with E-state index in [1.54, 1.807) is 18.2 Å². The van der Waals surface area contributed by atoms with Gasteiger partial charge in [-0.25, -0.2) is 8.42 Å². The molecule has 3 heterocycles. The van der Waals surface area contributed by atoms with Gasteiger partial charge in [-0.05, 0) is 55.7 Å². The molecule has 1 aliphatic carbocycles. The maximum Gasteiger partial charge on any atom is 0.271 e. The number of sulfone groups is 1. The second-order valence-electron chi connectivity index (χ2n) is 10.5. The highest BCUT2D eigenvalue weighted by atomic mass is 32.2. The number of benzene rings is 1. The van der Waals surface area contributed by atoms with Crippen molar-refractivity contribution in [3.8, 4) is 0 Å². The Morgan fingerprint density at radius 3 is 2.56 bits per heavy atom. The van der Waals surface area contributed by atoms with Crippen LogP contribution >= 0.6 is 0 Å². The van der Waals surface area contributed by atoms with E-state index in [1.807, 2.05) is 0 Å². The molecular formula is C27H32N4O7S. The number of carbonyl (C=O) groups excluding carboxylic acids is 4. The highest BCUT2D eigenvalue weighted by molar-refractivity contribution is 7.91. The molecule has 3 fully saturated rings. The summed E-state index contributed by atoms with van der Waals surface area (Å²) in [6.45, 7) is 0.0507. The number of Topliss-reactive ketones (excluding diaryl/α,β-unsaturated/α-hetero) is 1. The Kier molecular flexibility index (Phi) is 7.59. The van der Waals surface area contributed by atoms with Crippen LogP contribution in [0, 0.1) is 17.8 Å². The fourth-order valence-corrected chi connectivity index (χ4v) is 7.46. The molecule has 11 nitrogen and oxygen atoms in total. The summed E-state index contributed by atoms with van der Waals surface area (Å²) in [6, 6.07) is 7.27. The summed E-state index contributed by atoms with van der Waals surface area (Å²) in [6.07, 6.45) is 4.40. The number of carbonyl (C=O) groups is 4. The molecule has 5 rings (SSSR count). The summed E-state index contributed by atoms with van der Waals surface area (Å²) in [5, 5.41) is 14.9. The van der Waals surface area contributed by atoms with Crippen LogP contribution in [0.2, 0.25) is 0 Å². The number of amides is 3. The Hall–Kier alpha value is -3.51. The van der Waals surface area contributed by atoms with Gasteiger partial charge in [0.25, 0.3) is 5.91 Å². The number of rotatable bonds is 9. The minimum atomic E-state index is -3.84. The molecule has 2 aromatic rings. The lowest BCUT2D eigenvalue weighted by molar-refractivity contribution is -0.133. The molecule has 0 spiro atoms. The fraction of sp³-hybridized carbons (Fsp3) is 0.481. The minimum Gasteiger partial charge on any atom is -0.389 e. The number of ketones is 1. The molecule has 2 aliphatic heterocycles. The maximum atomic E-state index is 13.6. The third-order valence-corrected chi connectivity index (χ3v) is 9.96. The highest BCUT2D eigenvalue weighted by Gasteiger charge is 2.50. The average Bonchev–Trinajstić information content (AvgIpc) is 3.73. The van der Waals surface area contributed by atoms with Gasteiger partial charge >= 0.3 is 0 Å². The van der Waals surface area contributed by atoms with Crippen LogP contribution in [-0.4, -0.2) is 78.7 Å². The summed E-state index contributed by atoms with van der Waals surface area (Å²) in [4.78, 5) is 56.1. The molecule has 0 unspecified atom stereocenters. The number of aromatic amines is 1. The molecule has 0 bridgehead atoms. The van der Waals surface area contributed by atoms with Crippen LogP contribution in [0.4, 0.5) is 0 Å². The first kappa shape index (κ1) is 27.1. The SMILES string of the molecule is O=C1NCC[C@H]1C[C@H](NC(=O)[C@@H]1[C@H]2CCC[C@H]2CN1C(=O)c1cc(S(=O)(=O)c2ccccc2)c[nH]1)C(=O)CO. The smallest absolute Gasteiger partial charge is 0.271 e. The van der Waals surface area contributed by atoms with E-state index >= 15 is 0 Å². The number of fused-ring (bicyclic) bond motifs is 1. The Labute approximate surface area is 226 Å². The van der Waals surface area contributed by atoms with Crippen molar-refractivity contribution in [1.29, 1.82) is 0 Å². The number of likely N-dealkylation sites (tertiary alicyclic amines) is 1. The van der Waals surface area contributed by atoms with E-state index in [0.29, 0.717) is 19.5 Å². The summed E-state index contributed by atoms with van der Waals surface area (Å²) in [5.74, 6) is -2.24. The summed E-state index contributed by atoms with van der Waals surface area (Å²) in [7, 11) is -3.84. The third kappa shape index (κ3) is 5.22. The number of nitrogens with zero attached hydrogens (tertiary/aromatic N) is 1. The highest BCUT2D eigenvalue weighted by Crippen LogP contribution is 2.43. The van der Waals surface area contributed by atoms with Crippen molar-refractivity contribution in [3.05, 3.63) is 48.3 Å². The van der Waals surface area contributed by atoms with Crippen molar-refractivity contribution in [2.45, 2.75) is 54.0 Å². The molecule has 5 atom stereocenters. The van der Waals surface area contributed by atoms with E-state index in [4.69, 9.17) is 0 Å². The van der Waals surface area contributed by atoms with E-state index in [1.165, 1.54) is 29.3 Å². The molecule has 1 aromatic heterocycles. The first-order valence-corrected chi connectivity index (χ1v) is 14.7. The van der Waals surface area contributed by atoms with Crippen molar-refractivity contribution < 1.29 is 32.7 Å². The predicted molar refractivity (Wildman–Crippen MR) is 138 cm³/mol. The van der Waals surface area contributed by atoms with Gasteiger partial charge in [0.05, 0.1) is 15.8 Å². The van der Waals surface area contributed by atoms with E-state index in [0.717, 1.165) is 19.3 Å². The van der Waals surface area contributed by atoms with Crippen molar-refractivity contribution in [2.75, 3.05) is 19.7 Å². The molecule has 1 aromatic carbocycles. The first-order chi connectivity index (χ1) is 18.7. The molecule has 3 amide bonds. The van der Waals surface area contributed by atoms with Crippen LogP contribution < -0.4 is 10.6 Å². The second-order valence-corrected chi connectivity index (χ2v) is 12.5. The standard InChI is InChI=1S/C27H32N4O7S/c32-15-23(33)21(11-16-9-10-28-25(16)34)30-26(35)24-20-8-4-5-17(20)14-31(24)27(36)22-12-19(13-29-22)39(37,38)18-6-2-1-3-7-18/h1-3,6-7,12-13,16-17,20-21,24,29,32H,4-5,8-11,14-15H2,(H,28,34)(H,30,35)/t16-,17-,20-,21-,24-/m0/s1. The van der Waals surface area contributed by atoms with Crippen LogP contribution in [0.1, 0.15) is 42.6 Å². The molecular weight excluding hydrogens is 524 g/mol. The molecule has 1 saturated carbocycles. The number of aromatic nitrogens is 1. The molecule has 39 heavy (non-hydrogen) atoms. The van der Waals surface area contributed by atoms with Gasteiger partial charge in [-0.2, -0.15) is 0 Å². The topological polar surface area (TPSA) is 166 Å². The van der Waals surface area contributed by atoms with Crippen LogP contribution in [0.3, 0.4) is 0 Å². The number of hydrogen-bond donors (Lipinski definition) is 4. The Bertz CT molecular complexity index is 1370. The van der Waals surface area contributed by atoms with E-state index < -0.39 is 52.0 Å². The largest absolute Gasteiger partial charge is 0.389 e. The monoisotopic (exact) mass is 556 g/mol. The third-order valence-electron chi connectivity index (χ3n) is 8.21. The van der Waals surface area contributed by atoms with E-state index in [-0.39, 0.29) is 39.6 Å². The van der Waals surface area contributed by atoms with E-state index in [9.17, 15) is 32.7 Å². The fourth-order valence-electron chi connectivity index (χ4n) is 6.19. The Morgan fingerprint density at radius 1 is 1.10 bits per heavy atom. The Morgan fingerprint density at radius 2 is 1.87 bits per heavy atom. The normalized spacial score (nSPS) is 25.3. The summed E-state index contributed by atoms with van der Waals surface area (Å²) >= 11 is 0. The zero-order valence-electron chi connectivity index (χ0n) is 21.3. The van der Waals surface area contributed by atoms with Gasteiger partial charge in [0.2, 0.25) is 21.7 Å². The van der Waals surface area contributed by atoms with Crippen LogP contribution in [0.15, 0.2) is 52.4 Å². The van der Waals surface area contributed by atoms with Crippen LogP contribution in [-0.2, 0) is 24.2 Å². The first-order valence-electron chi connectivity index (χ1n) is 13.2. The number of H-pyrrole nitrogens is 1. The van der Waals surface area contributed by atoms with Gasteiger partial charge in [-0.3, -0.25) is 19.2 Å². The van der Waals surface area contributed by atoms with Gasteiger partial charge in [0.15, 0.2) is 5.78 Å². The molecule has 4 N–H and O–H groups in total. The van der Waals surface area contributed by atoms with E-state index in [2.05, 4.69) is 15.6 Å². The Balaban J connectivity index is 1.37. The lowest BCUT2D eigenvalue weighted by atomic mass is 9.92. The van der Waals surface area contributed by atoms with Gasteiger partial charge in [0, 0.05) is 25.2 Å². The predicted octanol–water partition coefficient (Wildman–Crippen LogP) is 0.661. The molecule has 2 saturated heterocycles. The van der Waals surface area contributed by atoms with Gasteiger partial charge in [-0.1, -0.05) is 24.6 Å². The lowest BCUT2D eigenvalue weighted by Gasteiger charge is -2.29. The zero-order chi connectivity index (χ0) is 27.7. The number of aliphatic hydroxyl groups excluding tert-OH is 1. The summed E-state index contributed by atoms with van der Waals surface area (Å²) in [5.41, 5.74) is 0.0490. The number of aliphatic hydroxyl groups is 1. The van der Waals surface area contributed by atoms with Crippen LogP contribution in [0.25, 0.3) is 0 Å². The average molecular weight is 557 g/mol. The van der Waals surface area contributed by atoms with Crippen molar-refractivity contribution in [1.82, 2.24) is 20.5 Å². The van der Waals surface area contributed by atoms with Crippen molar-refractivity contribution in [2.24, 2.45) is 17.8 Å². The number of hydrogen-bond acceptors (Lipinski definition) is 7. The van der Waals surface area contributed by atoms with Crippen molar-refractivity contribution >= 4 is 33.3 Å². The van der Waals surface area contributed by atoms with Gasteiger partial charge in [-0.15, -0.1) is 0 Å². The van der Waals surface area contributed by atoms with Crippen molar-refractivity contribution in [3.63, 3.8) is 0 Å². The lowest BCUT2D eigenvalue weighted by Crippen LogP contribution is -2.53. The molecule has 0 radical (unpaired) electrons. The van der Waals surface area contributed by atoms with Gasteiger partial charge < -0.3 is 25.6 Å². The second kappa shape index (κ2) is 10.9.